The van der Waals surface area contributed by atoms with E-state index >= 15 is 0 Å². The first-order chi connectivity index (χ1) is 10.1. The van der Waals surface area contributed by atoms with Gasteiger partial charge in [0.1, 0.15) is 6.54 Å². The first kappa shape index (κ1) is 15.2. The highest BCUT2D eigenvalue weighted by Gasteiger charge is 2.10. The summed E-state index contributed by atoms with van der Waals surface area (Å²) in [5.41, 5.74) is 8.85. The molecule has 0 saturated carbocycles. The second-order valence-corrected chi connectivity index (χ2v) is 5.12. The van der Waals surface area contributed by atoms with Crippen molar-refractivity contribution >= 4 is 5.91 Å². The van der Waals surface area contributed by atoms with Gasteiger partial charge in [0.25, 0.3) is 0 Å². The van der Waals surface area contributed by atoms with E-state index < -0.39 is 0 Å². The van der Waals surface area contributed by atoms with E-state index in [0.29, 0.717) is 12.2 Å². The molecule has 0 fully saturated rings. The van der Waals surface area contributed by atoms with Gasteiger partial charge in [0.2, 0.25) is 5.91 Å². The number of hydrogen-bond donors (Lipinski definition) is 2. The molecule has 2 aromatic rings. The van der Waals surface area contributed by atoms with Gasteiger partial charge in [-0.1, -0.05) is 42.0 Å². The number of aryl methyl sites for hydroxylation is 1. The van der Waals surface area contributed by atoms with Gasteiger partial charge in [0.05, 0.1) is 17.9 Å². The molecule has 0 aliphatic heterocycles. The van der Waals surface area contributed by atoms with Crippen LogP contribution in [0.1, 0.15) is 36.2 Å². The lowest BCUT2D eigenvalue weighted by molar-refractivity contribution is -0.122. The Morgan fingerprint density at radius 3 is 2.76 bits per heavy atom. The molecule has 6 nitrogen and oxygen atoms in total. The molecule has 2 rings (SSSR count). The van der Waals surface area contributed by atoms with Gasteiger partial charge in [-0.15, -0.1) is 5.10 Å². The monoisotopic (exact) mass is 287 g/mol. The van der Waals surface area contributed by atoms with E-state index in [0.717, 1.165) is 12.0 Å². The zero-order valence-electron chi connectivity index (χ0n) is 12.4. The largest absolute Gasteiger partial charge is 0.350 e. The zero-order chi connectivity index (χ0) is 15.2. The third kappa shape index (κ3) is 4.39. The molecule has 6 heteroatoms. The number of nitrogens with two attached hydrogens (primary N) is 1. The topological polar surface area (TPSA) is 85.8 Å². The smallest absolute Gasteiger partial charge is 0.242 e. The molecule has 0 radical (unpaired) electrons. The number of nitrogens with zero attached hydrogens (tertiary/aromatic N) is 3. The summed E-state index contributed by atoms with van der Waals surface area (Å²) in [6, 6.07) is 7.93. The van der Waals surface area contributed by atoms with Crippen LogP contribution in [0.25, 0.3) is 0 Å². The maximum absolute atomic E-state index is 11.9. The maximum Gasteiger partial charge on any atom is 0.242 e. The lowest BCUT2D eigenvalue weighted by Crippen LogP contribution is -2.27. The van der Waals surface area contributed by atoms with E-state index in [1.807, 2.05) is 38.1 Å². The third-order valence-electron chi connectivity index (χ3n) is 3.29. The highest BCUT2D eigenvalue weighted by molar-refractivity contribution is 5.75. The van der Waals surface area contributed by atoms with Crippen LogP contribution in [0.2, 0.25) is 0 Å². The Labute approximate surface area is 124 Å². The summed E-state index contributed by atoms with van der Waals surface area (Å²) >= 11 is 0. The number of benzene rings is 1. The van der Waals surface area contributed by atoms with Gasteiger partial charge >= 0.3 is 0 Å². The fraction of sp³-hybridized carbons (Fsp3) is 0.400. The van der Waals surface area contributed by atoms with Crippen molar-refractivity contribution in [3.8, 4) is 0 Å². The van der Waals surface area contributed by atoms with Crippen molar-refractivity contribution in [2.24, 2.45) is 5.73 Å². The summed E-state index contributed by atoms with van der Waals surface area (Å²) in [6.07, 6.45) is 2.51. The number of carbonyl (C=O) groups excluding carboxylic acids is 1. The minimum absolute atomic E-state index is 0.0999. The fourth-order valence-corrected chi connectivity index (χ4v) is 1.88. The number of aromatic nitrogens is 3. The van der Waals surface area contributed by atoms with Crippen molar-refractivity contribution in [2.75, 3.05) is 0 Å². The number of hydrogen-bond acceptors (Lipinski definition) is 4. The molecule has 1 aromatic carbocycles. The molecule has 0 aliphatic rings. The first-order valence-corrected chi connectivity index (χ1v) is 7.06. The zero-order valence-corrected chi connectivity index (χ0v) is 12.4. The lowest BCUT2D eigenvalue weighted by atomic mass is 10.1. The van der Waals surface area contributed by atoms with Gasteiger partial charge in [-0.2, -0.15) is 0 Å². The SMILES string of the molecule is CCC(N)c1cn(CC(=O)NCc2ccc(C)cc2)nn1. The molecule has 0 bridgehead atoms. The molecule has 1 atom stereocenters. The predicted molar refractivity (Wildman–Crippen MR) is 80.3 cm³/mol. The molecule has 1 heterocycles. The quantitative estimate of drug-likeness (QED) is 0.839. The van der Waals surface area contributed by atoms with Gasteiger partial charge in [0, 0.05) is 6.54 Å². The van der Waals surface area contributed by atoms with Gasteiger partial charge < -0.3 is 11.1 Å². The van der Waals surface area contributed by atoms with Crippen LogP contribution in [-0.2, 0) is 17.9 Å². The first-order valence-electron chi connectivity index (χ1n) is 7.06. The van der Waals surface area contributed by atoms with Gasteiger partial charge in [-0.25, -0.2) is 4.68 Å². The van der Waals surface area contributed by atoms with Crippen molar-refractivity contribution in [3.63, 3.8) is 0 Å². The van der Waals surface area contributed by atoms with Crippen LogP contribution in [0.4, 0.5) is 0 Å². The molecule has 21 heavy (non-hydrogen) atoms. The summed E-state index contributed by atoms with van der Waals surface area (Å²) in [7, 11) is 0. The second-order valence-electron chi connectivity index (χ2n) is 5.12. The number of nitrogens with one attached hydrogen (secondary N) is 1. The molecule has 0 spiro atoms. The van der Waals surface area contributed by atoms with Crippen molar-refractivity contribution in [3.05, 3.63) is 47.3 Å². The standard InChI is InChI=1S/C15H21N5O/c1-3-13(16)14-9-20(19-18-14)10-15(21)17-8-12-6-4-11(2)5-7-12/h4-7,9,13H,3,8,10,16H2,1-2H3,(H,17,21). The minimum atomic E-state index is -0.130. The summed E-state index contributed by atoms with van der Waals surface area (Å²) < 4.78 is 1.51. The fourth-order valence-electron chi connectivity index (χ4n) is 1.88. The van der Waals surface area contributed by atoms with Crippen molar-refractivity contribution in [1.29, 1.82) is 0 Å². The van der Waals surface area contributed by atoms with Gasteiger partial charge in [0.15, 0.2) is 0 Å². The molecule has 1 aromatic heterocycles. The van der Waals surface area contributed by atoms with Crippen LogP contribution in [0.5, 0.6) is 0 Å². The molecular weight excluding hydrogens is 266 g/mol. The van der Waals surface area contributed by atoms with Crippen LogP contribution in [0, 0.1) is 6.92 Å². The van der Waals surface area contributed by atoms with Gasteiger partial charge in [-0.05, 0) is 18.9 Å². The normalized spacial score (nSPS) is 12.1. The highest BCUT2D eigenvalue weighted by Crippen LogP contribution is 2.08. The maximum atomic E-state index is 11.9. The van der Waals surface area contributed by atoms with Crippen LogP contribution in [0.15, 0.2) is 30.5 Å². The average molecular weight is 287 g/mol. The lowest BCUT2D eigenvalue weighted by Gasteiger charge is -2.05. The van der Waals surface area contributed by atoms with Crippen molar-refractivity contribution in [2.45, 2.75) is 39.4 Å². The third-order valence-corrected chi connectivity index (χ3v) is 3.29. The molecule has 0 aliphatic carbocycles. The summed E-state index contributed by atoms with van der Waals surface area (Å²) in [5, 5.41) is 10.8. The van der Waals surface area contributed by atoms with E-state index in [1.165, 1.54) is 10.2 Å². The summed E-state index contributed by atoms with van der Waals surface area (Å²) in [5.74, 6) is -0.0999. The number of amides is 1. The number of carbonyl (C=O) groups is 1. The Morgan fingerprint density at radius 1 is 1.38 bits per heavy atom. The predicted octanol–water partition coefficient (Wildman–Crippen LogP) is 1.31. The van der Waals surface area contributed by atoms with E-state index in [9.17, 15) is 4.79 Å². The van der Waals surface area contributed by atoms with Crippen LogP contribution >= 0.6 is 0 Å². The van der Waals surface area contributed by atoms with Crippen molar-refractivity contribution < 1.29 is 4.79 Å². The Bertz CT molecular complexity index is 590. The summed E-state index contributed by atoms with van der Waals surface area (Å²) in [4.78, 5) is 11.9. The molecule has 1 amide bonds. The van der Waals surface area contributed by atoms with Crippen molar-refractivity contribution in [1.82, 2.24) is 20.3 Å². The van der Waals surface area contributed by atoms with Gasteiger partial charge in [-0.3, -0.25) is 4.79 Å². The Morgan fingerprint density at radius 2 is 2.10 bits per heavy atom. The van der Waals surface area contributed by atoms with E-state index in [-0.39, 0.29) is 18.5 Å². The van der Waals surface area contributed by atoms with Crippen LogP contribution in [0.3, 0.4) is 0 Å². The molecule has 1 unspecified atom stereocenters. The second kappa shape index (κ2) is 6.99. The molecule has 112 valence electrons. The molecular formula is C15H21N5O. The Balaban J connectivity index is 1.84. The number of rotatable bonds is 6. The Hall–Kier alpha value is -2.21. The Kier molecular flexibility index (Phi) is 5.05. The summed E-state index contributed by atoms with van der Waals surface area (Å²) in [6.45, 7) is 4.67. The minimum Gasteiger partial charge on any atom is -0.350 e. The van der Waals surface area contributed by atoms with Crippen LogP contribution in [-0.4, -0.2) is 20.9 Å². The van der Waals surface area contributed by atoms with E-state index in [1.54, 1.807) is 6.20 Å². The van der Waals surface area contributed by atoms with E-state index in [2.05, 4.69) is 15.6 Å². The molecule has 0 saturated heterocycles. The average Bonchev–Trinajstić information content (AvgIpc) is 2.94. The molecule has 3 N–H and O–H groups in total. The van der Waals surface area contributed by atoms with Crippen LogP contribution < -0.4 is 11.1 Å². The highest BCUT2D eigenvalue weighted by atomic mass is 16.2. The van der Waals surface area contributed by atoms with E-state index in [4.69, 9.17) is 5.73 Å².